The van der Waals surface area contributed by atoms with E-state index in [1.807, 2.05) is 0 Å². The van der Waals surface area contributed by atoms with Crippen molar-refractivity contribution in [1.82, 2.24) is 0 Å². The SMILES string of the molecule is c1cc2c3ccc4c5cccc6c7ccc8ccc9c(c1)c2c1c3c4c(c56)c2c7c8c9c12. The molecule has 0 heterocycles. The van der Waals surface area contributed by atoms with E-state index in [2.05, 4.69) is 72.8 Å². The number of fused-ring (bicyclic) bond motifs is 4. The van der Waals surface area contributed by atoms with Crippen LogP contribution in [-0.4, -0.2) is 0 Å². The molecule has 32 heavy (non-hydrogen) atoms. The molecule has 0 saturated heterocycles. The summed E-state index contributed by atoms with van der Waals surface area (Å²) in [6.07, 6.45) is 0. The fraction of sp³-hybridized carbons (Fsp3) is 0. The highest BCUT2D eigenvalue weighted by Gasteiger charge is 2.31. The molecule has 11 aromatic carbocycles. The Bertz CT molecular complexity index is 2320. The second kappa shape index (κ2) is 3.89. The van der Waals surface area contributed by atoms with E-state index in [0.717, 1.165) is 0 Å². The molecule has 0 aromatic heterocycles. The van der Waals surface area contributed by atoms with Gasteiger partial charge in [-0.2, -0.15) is 0 Å². The Morgan fingerprint density at radius 1 is 0.219 bits per heavy atom. The van der Waals surface area contributed by atoms with E-state index in [0.29, 0.717) is 0 Å². The molecule has 0 heteroatoms. The lowest BCUT2D eigenvalue weighted by Gasteiger charge is -2.11. The highest BCUT2D eigenvalue weighted by atomic mass is 14.3. The summed E-state index contributed by atoms with van der Waals surface area (Å²) in [7, 11) is 0. The first-order valence-corrected chi connectivity index (χ1v) is 11.5. The van der Waals surface area contributed by atoms with Crippen molar-refractivity contribution in [1.29, 1.82) is 0 Å². The van der Waals surface area contributed by atoms with E-state index in [9.17, 15) is 0 Å². The molecule has 0 amide bonds. The second-order valence-corrected chi connectivity index (χ2v) is 9.94. The van der Waals surface area contributed by atoms with Gasteiger partial charge in [-0.25, -0.2) is 0 Å². The average molecular weight is 396 g/mol. The molecule has 0 N–H and O–H groups in total. The van der Waals surface area contributed by atoms with Gasteiger partial charge < -0.3 is 0 Å². The first kappa shape index (κ1) is 14.0. The van der Waals surface area contributed by atoms with Crippen molar-refractivity contribution >= 4 is 108 Å². The summed E-state index contributed by atoms with van der Waals surface area (Å²) in [5.74, 6) is 0. The van der Waals surface area contributed by atoms with Crippen molar-refractivity contribution in [3.63, 3.8) is 0 Å². The summed E-state index contributed by atoms with van der Waals surface area (Å²) in [5.41, 5.74) is 0. The zero-order valence-electron chi connectivity index (χ0n) is 16.9. The molecule has 0 aliphatic carbocycles. The minimum Gasteiger partial charge on any atom is -0.0610 e. The quantitative estimate of drug-likeness (QED) is 0.224. The van der Waals surface area contributed by atoms with Gasteiger partial charge in [-0.3, -0.25) is 0 Å². The van der Waals surface area contributed by atoms with Gasteiger partial charge in [0.25, 0.3) is 0 Å². The molecule has 0 saturated carbocycles. The fourth-order valence-electron chi connectivity index (χ4n) is 8.00. The lowest BCUT2D eigenvalue weighted by Crippen LogP contribution is -1.82. The molecule has 11 rings (SSSR count). The average Bonchev–Trinajstić information content (AvgIpc) is 3.48. The van der Waals surface area contributed by atoms with Crippen LogP contribution in [0.5, 0.6) is 0 Å². The van der Waals surface area contributed by atoms with Crippen molar-refractivity contribution in [3.8, 4) is 0 Å². The normalized spacial score (nSPS) is 14.2. The van der Waals surface area contributed by atoms with Crippen LogP contribution in [0.4, 0.5) is 0 Å². The molecule has 0 bridgehead atoms. The predicted octanol–water partition coefficient (Wildman–Crippen LogP) is 9.28. The topological polar surface area (TPSA) is 0 Å². The minimum absolute atomic E-state index is 1.37. The van der Waals surface area contributed by atoms with Crippen molar-refractivity contribution in [2.24, 2.45) is 0 Å². The van der Waals surface area contributed by atoms with Gasteiger partial charge in [-0.15, -0.1) is 0 Å². The molecular weight excluding hydrogens is 384 g/mol. The lowest BCUT2D eigenvalue weighted by atomic mass is 9.91. The molecule has 0 fully saturated rings. The predicted molar refractivity (Wildman–Crippen MR) is 140 cm³/mol. The van der Waals surface area contributed by atoms with Gasteiger partial charge >= 0.3 is 0 Å². The van der Waals surface area contributed by atoms with Gasteiger partial charge in [-0.05, 0) is 108 Å². The summed E-state index contributed by atoms with van der Waals surface area (Å²) in [6.45, 7) is 0. The van der Waals surface area contributed by atoms with Crippen LogP contribution in [0.2, 0.25) is 0 Å². The third-order valence-electron chi connectivity index (χ3n) is 8.93. The van der Waals surface area contributed by atoms with E-state index in [-0.39, 0.29) is 0 Å². The number of benzene rings is 8. The van der Waals surface area contributed by atoms with Crippen LogP contribution in [0.3, 0.4) is 0 Å². The van der Waals surface area contributed by atoms with Crippen molar-refractivity contribution in [2.75, 3.05) is 0 Å². The summed E-state index contributed by atoms with van der Waals surface area (Å²) in [4.78, 5) is 0. The summed E-state index contributed by atoms with van der Waals surface area (Å²) in [6, 6.07) is 28.1. The fourth-order valence-corrected chi connectivity index (χ4v) is 8.00. The Labute approximate surface area is 180 Å². The highest BCUT2D eigenvalue weighted by molar-refractivity contribution is 6.62. The maximum atomic E-state index is 2.39. The van der Waals surface area contributed by atoms with Crippen LogP contribution in [-0.2, 0) is 0 Å². The van der Waals surface area contributed by atoms with Gasteiger partial charge in [0.2, 0.25) is 0 Å². The molecule has 0 nitrogen and oxygen atoms in total. The van der Waals surface area contributed by atoms with Crippen LogP contribution in [0.1, 0.15) is 0 Å². The monoisotopic (exact) mass is 396 g/mol. The smallest absolute Gasteiger partial charge is 0.0000253 e. The van der Waals surface area contributed by atoms with Crippen LogP contribution in [0, 0.1) is 0 Å². The molecular formula is C32H12. The number of hydrogen-bond acceptors (Lipinski definition) is 0. The first-order chi connectivity index (χ1) is 15.9. The van der Waals surface area contributed by atoms with Crippen LogP contribution in [0.15, 0.2) is 72.8 Å². The Morgan fingerprint density at radius 2 is 0.531 bits per heavy atom. The first-order valence-electron chi connectivity index (χ1n) is 11.5. The Kier molecular flexibility index (Phi) is 1.70. The summed E-state index contributed by atoms with van der Waals surface area (Å²) >= 11 is 0. The maximum absolute atomic E-state index is 2.39. The van der Waals surface area contributed by atoms with Crippen LogP contribution < -0.4 is 0 Å². The van der Waals surface area contributed by atoms with Gasteiger partial charge in [0.1, 0.15) is 0 Å². The van der Waals surface area contributed by atoms with Crippen LogP contribution >= 0.6 is 0 Å². The standard InChI is InChI=1S/C32H12/c1-3-14-18-9-7-13-8-10-19-15-4-2-6-17-21-12-11-20-16(5-1)23(14)29-27(20)28(21)30(24(15)17)32-26(19)22(13)25(18)31(29)32/h1-12H. The number of hydrogen-bond donors (Lipinski definition) is 0. The van der Waals surface area contributed by atoms with E-state index in [1.54, 1.807) is 0 Å². The molecule has 140 valence electrons. The minimum atomic E-state index is 1.37. The van der Waals surface area contributed by atoms with Gasteiger partial charge in [-0.1, -0.05) is 72.8 Å². The van der Waals surface area contributed by atoms with Crippen molar-refractivity contribution < 1.29 is 0 Å². The van der Waals surface area contributed by atoms with Gasteiger partial charge in [0.15, 0.2) is 0 Å². The second-order valence-electron chi connectivity index (χ2n) is 9.94. The van der Waals surface area contributed by atoms with E-state index in [1.165, 1.54) is 108 Å². The molecule has 0 unspecified atom stereocenters. The number of rotatable bonds is 0. The largest absolute Gasteiger partial charge is 0.0610 e. The molecule has 11 aromatic rings. The van der Waals surface area contributed by atoms with Crippen molar-refractivity contribution in [3.05, 3.63) is 72.8 Å². The van der Waals surface area contributed by atoms with Crippen LogP contribution in [0.25, 0.3) is 108 Å². The molecule has 0 atom stereocenters. The zero-order chi connectivity index (χ0) is 20.0. The Hall–Kier alpha value is -4.16. The molecule has 0 aliphatic rings. The zero-order valence-corrected chi connectivity index (χ0v) is 16.9. The Morgan fingerprint density at radius 3 is 0.969 bits per heavy atom. The Balaban J connectivity index is 1.82. The lowest BCUT2D eigenvalue weighted by molar-refractivity contribution is 1.88. The maximum Gasteiger partial charge on any atom is -0.0000253 e. The van der Waals surface area contributed by atoms with Crippen molar-refractivity contribution in [2.45, 2.75) is 0 Å². The van der Waals surface area contributed by atoms with Gasteiger partial charge in [0, 0.05) is 0 Å². The van der Waals surface area contributed by atoms with E-state index in [4.69, 9.17) is 0 Å². The molecule has 0 radical (unpaired) electrons. The van der Waals surface area contributed by atoms with E-state index < -0.39 is 0 Å². The van der Waals surface area contributed by atoms with E-state index >= 15 is 0 Å². The third kappa shape index (κ3) is 1.06. The third-order valence-corrected chi connectivity index (χ3v) is 8.93. The van der Waals surface area contributed by atoms with Gasteiger partial charge in [0.05, 0.1) is 0 Å². The molecule has 0 spiro atoms. The highest BCUT2D eigenvalue weighted by Crippen LogP contribution is 2.60. The molecule has 0 aliphatic heterocycles. The summed E-state index contributed by atoms with van der Waals surface area (Å²) in [5, 5.41) is 29.2. The summed E-state index contributed by atoms with van der Waals surface area (Å²) < 4.78 is 0.